The molecule has 1 aliphatic rings. The SMILES string of the molecule is CC=CC(=O)OC1CCO1. The van der Waals surface area contributed by atoms with Gasteiger partial charge in [-0.3, -0.25) is 0 Å². The van der Waals surface area contributed by atoms with Gasteiger partial charge in [-0.2, -0.15) is 0 Å². The number of hydrogen-bond acceptors (Lipinski definition) is 3. The Kier molecular flexibility index (Phi) is 2.45. The number of carbonyl (C=O) groups excluding carboxylic acids is 1. The Morgan fingerprint density at radius 2 is 2.50 bits per heavy atom. The summed E-state index contributed by atoms with van der Waals surface area (Å²) in [6, 6.07) is 0. The van der Waals surface area contributed by atoms with Gasteiger partial charge in [0.1, 0.15) is 0 Å². The minimum Gasteiger partial charge on any atom is -0.433 e. The van der Waals surface area contributed by atoms with Crippen LogP contribution in [0.3, 0.4) is 0 Å². The molecule has 3 heteroatoms. The van der Waals surface area contributed by atoms with Gasteiger partial charge in [0.05, 0.1) is 6.61 Å². The molecule has 0 bridgehead atoms. The van der Waals surface area contributed by atoms with Gasteiger partial charge in [-0.1, -0.05) is 6.08 Å². The van der Waals surface area contributed by atoms with Gasteiger partial charge < -0.3 is 9.47 Å². The van der Waals surface area contributed by atoms with E-state index in [0.717, 1.165) is 6.42 Å². The molecule has 1 fully saturated rings. The number of allylic oxidation sites excluding steroid dienone is 1. The van der Waals surface area contributed by atoms with Crippen LogP contribution >= 0.6 is 0 Å². The van der Waals surface area contributed by atoms with Crippen molar-refractivity contribution < 1.29 is 14.3 Å². The monoisotopic (exact) mass is 142 g/mol. The molecule has 0 N–H and O–H groups in total. The zero-order valence-electron chi connectivity index (χ0n) is 5.87. The molecule has 1 rings (SSSR count). The van der Waals surface area contributed by atoms with E-state index in [1.165, 1.54) is 6.08 Å². The van der Waals surface area contributed by atoms with Crippen LogP contribution in [0.2, 0.25) is 0 Å². The second kappa shape index (κ2) is 3.37. The Morgan fingerprint density at radius 3 is 2.90 bits per heavy atom. The lowest BCUT2D eigenvalue weighted by Crippen LogP contribution is -2.31. The predicted octanol–water partition coefficient (Wildman–Crippen LogP) is 0.852. The largest absolute Gasteiger partial charge is 0.433 e. The van der Waals surface area contributed by atoms with Crippen molar-refractivity contribution in [3.63, 3.8) is 0 Å². The molecule has 1 atom stereocenters. The zero-order valence-corrected chi connectivity index (χ0v) is 5.87. The van der Waals surface area contributed by atoms with E-state index in [-0.39, 0.29) is 12.3 Å². The number of carbonyl (C=O) groups is 1. The van der Waals surface area contributed by atoms with E-state index in [1.54, 1.807) is 13.0 Å². The molecule has 56 valence electrons. The molecule has 0 amide bonds. The summed E-state index contributed by atoms with van der Waals surface area (Å²) < 4.78 is 9.65. The normalized spacial score (nSPS) is 24.3. The summed E-state index contributed by atoms with van der Waals surface area (Å²) in [7, 11) is 0. The highest BCUT2D eigenvalue weighted by atomic mass is 16.7. The van der Waals surface area contributed by atoms with Gasteiger partial charge in [-0.25, -0.2) is 4.79 Å². The third-order valence-corrected chi connectivity index (χ3v) is 1.21. The maximum Gasteiger partial charge on any atom is 0.332 e. The Balaban J connectivity index is 2.17. The fourth-order valence-corrected chi connectivity index (χ4v) is 0.612. The summed E-state index contributed by atoms with van der Waals surface area (Å²) in [5.74, 6) is -0.327. The maximum atomic E-state index is 10.7. The highest BCUT2D eigenvalue weighted by molar-refractivity contribution is 5.81. The molecule has 0 saturated carbocycles. The highest BCUT2D eigenvalue weighted by Crippen LogP contribution is 2.11. The highest BCUT2D eigenvalue weighted by Gasteiger charge is 2.20. The molecule has 0 aromatic rings. The van der Waals surface area contributed by atoms with E-state index in [0.29, 0.717) is 6.61 Å². The van der Waals surface area contributed by atoms with Gasteiger partial charge in [0, 0.05) is 12.5 Å². The summed E-state index contributed by atoms with van der Waals surface area (Å²) in [4.78, 5) is 10.7. The van der Waals surface area contributed by atoms with Crippen LogP contribution in [0.25, 0.3) is 0 Å². The van der Waals surface area contributed by atoms with E-state index >= 15 is 0 Å². The van der Waals surface area contributed by atoms with Crippen LogP contribution in [0.4, 0.5) is 0 Å². The molecule has 1 saturated heterocycles. The maximum absolute atomic E-state index is 10.7. The molecule has 1 unspecified atom stereocenters. The third kappa shape index (κ3) is 1.84. The molecular weight excluding hydrogens is 132 g/mol. The molecule has 0 spiro atoms. The second-order valence-electron chi connectivity index (χ2n) is 2.03. The first-order valence-corrected chi connectivity index (χ1v) is 3.28. The molecule has 3 nitrogen and oxygen atoms in total. The van der Waals surface area contributed by atoms with Gasteiger partial charge >= 0.3 is 5.97 Å². The molecular formula is C7H10O3. The van der Waals surface area contributed by atoms with Gasteiger partial charge in [-0.15, -0.1) is 0 Å². The summed E-state index contributed by atoms with van der Waals surface area (Å²) in [6.45, 7) is 2.47. The van der Waals surface area contributed by atoms with E-state index < -0.39 is 0 Å². The van der Waals surface area contributed by atoms with Crippen molar-refractivity contribution in [1.29, 1.82) is 0 Å². The first kappa shape index (κ1) is 7.28. The first-order chi connectivity index (χ1) is 4.83. The smallest absolute Gasteiger partial charge is 0.332 e. The van der Waals surface area contributed by atoms with Crippen LogP contribution in [0.15, 0.2) is 12.2 Å². The van der Waals surface area contributed by atoms with Crippen molar-refractivity contribution in [1.82, 2.24) is 0 Å². The molecule has 1 heterocycles. The minimum atomic E-state index is -0.327. The number of ether oxygens (including phenoxy) is 2. The Morgan fingerprint density at radius 1 is 1.80 bits per heavy atom. The summed E-state index contributed by atoms with van der Waals surface area (Å²) in [5, 5.41) is 0. The fourth-order valence-electron chi connectivity index (χ4n) is 0.612. The Bertz CT molecular complexity index is 147. The van der Waals surface area contributed by atoms with Gasteiger partial charge in [0.2, 0.25) is 6.29 Å². The van der Waals surface area contributed by atoms with Crippen LogP contribution in [-0.4, -0.2) is 18.9 Å². The van der Waals surface area contributed by atoms with Crippen molar-refractivity contribution in [2.75, 3.05) is 6.61 Å². The number of esters is 1. The van der Waals surface area contributed by atoms with Crippen molar-refractivity contribution in [2.24, 2.45) is 0 Å². The summed E-state index contributed by atoms with van der Waals surface area (Å²) in [6.07, 6.45) is 3.55. The zero-order chi connectivity index (χ0) is 7.40. The average Bonchev–Trinajstić information content (AvgIpc) is 1.80. The van der Waals surface area contributed by atoms with Crippen molar-refractivity contribution in [2.45, 2.75) is 19.6 Å². The predicted molar refractivity (Wildman–Crippen MR) is 35.3 cm³/mol. The van der Waals surface area contributed by atoms with Crippen LogP contribution in [-0.2, 0) is 14.3 Å². The second-order valence-corrected chi connectivity index (χ2v) is 2.03. The standard InChI is InChI=1S/C7H10O3/c1-2-3-6(8)10-7-4-5-9-7/h2-3,7H,4-5H2,1H3. The van der Waals surface area contributed by atoms with E-state index in [4.69, 9.17) is 9.47 Å². The first-order valence-electron chi connectivity index (χ1n) is 3.28. The minimum absolute atomic E-state index is 0.288. The molecule has 1 aliphatic heterocycles. The van der Waals surface area contributed by atoms with Crippen LogP contribution in [0.1, 0.15) is 13.3 Å². The van der Waals surface area contributed by atoms with Gasteiger partial charge in [0.15, 0.2) is 0 Å². The van der Waals surface area contributed by atoms with Crippen molar-refractivity contribution >= 4 is 5.97 Å². The lowest BCUT2D eigenvalue weighted by atomic mass is 10.3. The van der Waals surface area contributed by atoms with Crippen LogP contribution in [0, 0.1) is 0 Å². The quantitative estimate of drug-likeness (QED) is 0.423. The molecule has 0 aliphatic carbocycles. The van der Waals surface area contributed by atoms with E-state index in [1.807, 2.05) is 0 Å². The summed E-state index contributed by atoms with van der Waals surface area (Å²) in [5.41, 5.74) is 0. The lowest BCUT2D eigenvalue weighted by Gasteiger charge is -2.24. The van der Waals surface area contributed by atoms with E-state index in [2.05, 4.69) is 0 Å². The fraction of sp³-hybridized carbons (Fsp3) is 0.571. The third-order valence-electron chi connectivity index (χ3n) is 1.21. The molecule has 0 aromatic carbocycles. The average molecular weight is 142 g/mol. The lowest BCUT2D eigenvalue weighted by molar-refractivity contribution is -0.212. The van der Waals surface area contributed by atoms with Gasteiger partial charge in [-0.05, 0) is 6.92 Å². The Hall–Kier alpha value is -0.830. The molecule has 10 heavy (non-hydrogen) atoms. The van der Waals surface area contributed by atoms with Crippen molar-refractivity contribution in [3.05, 3.63) is 12.2 Å². The van der Waals surface area contributed by atoms with Crippen LogP contribution in [0.5, 0.6) is 0 Å². The topological polar surface area (TPSA) is 35.5 Å². The molecule has 0 aromatic heterocycles. The van der Waals surface area contributed by atoms with Gasteiger partial charge in [0.25, 0.3) is 0 Å². The summed E-state index contributed by atoms with van der Waals surface area (Å²) >= 11 is 0. The van der Waals surface area contributed by atoms with Crippen LogP contribution < -0.4 is 0 Å². The molecule has 0 radical (unpaired) electrons. The number of hydrogen-bond donors (Lipinski definition) is 0. The Labute approximate surface area is 59.6 Å². The number of rotatable bonds is 2. The van der Waals surface area contributed by atoms with E-state index in [9.17, 15) is 4.79 Å². The van der Waals surface area contributed by atoms with Crippen molar-refractivity contribution in [3.8, 4) is 0 Å².